The van der Waals surface area contributed by atoms with Crippen LogP contribution in [0.25, 0.3) is 5.69 Å². The second-order valence-corrected chi connectivity index (χ2v) is 6.92. The van der Waals surface area contributed by atoms with Gasteiger partial charge in [-0.1, -0.05) is 24.3 Å². The Bertz CT molecular complexity index is 1360. The summed E-state index contributed by atoms with van der Waals surface area (Å²) in [6.45, 7) is 0. The first kappa shape index (κ1) is 22.5. The van der Waals surface area contributed by atoms with Crippen molar-refractivity contribution in [3.63, 3.8) is 0 Å². The lowest BCUT2D eigenvalue weighted by molar-refractivity contribution is -0.274. The van der Waals surface area contributed by atoms with Gasteiger partial charge in [-0.05, 0) is 36.4 Å². The van der Waals surface area contributed by atoms with Crippen LogP contribution in [0.2, 0.25) is 0 Å². The van der Waals surface area contributed by atoms with E-state index in [1.54, 1.807) is 36.4 Å². The monoisotopic (exact) mass is 467 g/mol. The molecule has 2 aromatic carbocycles. The molecule has 34 heavy (non-hydrogen) atoms. The minimum absolute atomic E-state index is 0.0580. The molecule has 0 aliphatic carbocycles. The van der Waals surface area contributed by atoms with Crippen LogP contribution in [0.5, 0.6) is 5.75 Å². The highest BCUT2D eigenvalue weighted by Crippen LogP contribution is 2.26. The van der Waals surface area contributed by atoms with Gasteiger partial charge in [-0.25, -0.2) is 4.98 Å². The van der Waals surface area contributed by atoms with E-state index >= 15 is 0 Å². The Labute approximate surface area is 190 Å². The first-order valence-corrected chi connectivity index (χ1v) is 9.82. The molecule has 4 rings (SSSR count). The Morgan fingerprint density at radius 1 is 0.912 bits per heavy atom. The van der Waals surface area contributed by atoms with Crippen LogP contribution in [0.1, 0.15) is 10.4 Å². The van der Waals surface area contributed by atoms with E-state index in [4.69, 9.17) is 0 Å². The summed E-state index contributed by atoms with van der Waals surface area (Å²) in [4.78, 5) is 28.9. The Balaban J connectivity index is 1.41. The molecule has 0 fully saturated rings. The lowest BCUT2D eigenvalue weighted by Gasteiger charge is -2.11. The number of nitrogens with one attached hydrogen (secondary N) is 2. The van der Waals surface area contributed by atoms with Gasteiger partial charge in [0, 0.05) is 17.8 Å². The summed E-state index contributed by atoms with van der Waals surface area (Å²) in [5.74, 6) is -0.732. The van der Waals surface area contributed by atoms with Crippen molar-refractivity contribution in [3.05, 3.63) is 101 Å². The summed E-state index contributed by atoms with van der Waals surface area (Å²) in [5, 5.41) is 9.49. The molecule has 8 nitrogen and oxygen atoms in total. The number of pyridine rings is 1. The average Bonchev–Trinajstić information content (AvgIpc) is 2.80. The number of ether oxygens (including phenoxy) is 1. The van der Waals surface area contributed by atoms with Gasteiger partial charge >= 0.3 is 6.36 Å². The molecule has 0 atom stereocenters. The van der Waals surface area contributed by atoms with Crippen LogP contribution in [-0.4, -0.2) is 27.0 Å². The lowest BCUT2D eigenvalue weighted by atomic mass is 10.2. The molecule has 2 heterocycles. The van der Waals surface area contributed by atoms with E-state index in [2.05, 4.69) is 25.5 Å². The SMILES string of the molecule is O=C(Nc1ccc(Nc2cccc(OC(F)(F)F)c2)cn1)c1cnn(-c2ccccc2)c(=O)c1. The van der Waals surface area contributed by atoms with Crippen LogP contribution in [-0.2, 0) is 0 Å². The van der Waals surface area contributed by atoms with E-state index in [0.29, 0.717) is 17.1 Å². The minimum atomic E-state index is -4.79. The summed E-state index contributed by atoms with van der Waals surface area (Å²) < 4.78 is 42.2. The molecule has 1 amide bonds. The van der Waals surface area contributed by atoms with Crippen molar-refractivity contribution in [3.8, 4) is 11.4 Å². The normalized spacial score (nSPS) is 11.0. The molecule has 0 bridgehead atoms. The number of halogens is 3. The van der Waals surface area contributed by atoms with Crippen LogP contribution in [0.4, 0.5) is 30.4 Å². The van der Waals surface area contributed by atoms with Crippen LogP contribution in [0.15, 0.2) is 90.0 Å². The van der Waals surface area contributed by atoms with Crippen LogP contribution in [0.3, 0.4) is 0 Å². The Morgan fingerprint density at radius 3 is 2.38 bits per heavy atom. The van der Waals surface area contributed by atoms with Gasteiger partial charge in [0.1, 0.15) is 11.6 Å². The number of nitrogens with zero attached hydrogens (tertiary/aromatic N) is 3. The fraction of sp³-hybridized carbons (Fsp3) is 0.0435. The largest absolute Gasteiger partial charge is 0.573 e. The number of hydrogen-bond donors (Lipinski definition) is 2. The Morgan fingerprint density at radius 2 is 1.71 bits per heavy atom. The number of rotatable bonds is 6. The maximum absolute atomic E-state index is 12.5. The predicted octanol–water partition coefficient (Wildman–Crippen LogP) is 4.52. The zero-order chi connectivity index (χ0) is 24.1. The maximum atomic E-state index is 12.5. The topological polar surface area (TPSA) is 98.1 Å². The number of anilines is 3. The summed E-state index contributed by atoms with van der Waals surface area (Å²) in [6, 6.07) is 18.3. The molecule has 2 N–H and O–H groups in total. The zero-order valence-corrected chi connectivity index (χ0v) is 17.3. The number of para-hydroxylation sites is 1. The number of amides is 1. The third kappa shape index (κ3) is 5.76. The lowest BCUT2D eigenvalue weighted by Crippen LogP contribution is -2.24. The van der Waals surface area contributed by atoms with Crippen LogP contribution >= 0.6 is 0 Å². The molecule has 0 radical (unpaired) electrons. The Hall–Kier alpha value is -4.67. The molecule has 0 saturated carbocycles. The number of alkyl halides is 3. The van der Waals surface area contributed by atoms with Crippen molar-refractivity contribution in [2.24, 2.45) is 0 Å². The van der Waals surface area contributed by atoms with Gasteiger partial charge in [-0.15, -0.1) is 13.2 Å². The van der Waals surface area contributed by atoms with Crippen LogP contribution < -0.4 is 20.9 Å². The van der Waals surface area contributed by atoms with E-state index in [9.17, 15) is 22.8 Å². The predicted molar refractivity (Wildman–Crippen MR) is 118 cm³/mol. The molecule has 0 unspecified atom stereocenters. The third-order valence-electron chi connectivity index (χ3n) is 4.42. The summed E-state index contributed by atoms with van der Waals surface area (Å²) in [6.07, 6.45) is -2.13. The fourth-order valence-corrected chi connectivity index (χ4v) is 2.96. The van der Waals surface area contributed by atoms with Gasteiger partial charge < -0.3 is 15.4 Å². The molecular weight excluding hydrogens is 451 g/mol. The second-order valence-electron chi connectivity index (χ2n) is 6.92. The van der Waals surface area contributed by atoms with E-state index < -0.39 is 17.8 Å². The van der Waals surface area contributed by atoms with Crippen molar-refractivity contribution in [2.75, 3.05) is 10.6 Å². The van der Waals surface area contributed by atoms with E-state index in [1.807, 2.05) is 6.07 Å². The van der Waals surface area contributed by atoms with Gasteiger partial charge in [-0.2, -0.15) is 9.78 Å². The molecule has 0 saturated heterocycles. The minimum Gasteiger partial charge on any atom is -0.406 e. The number of carbonyl (C=O) groups is 1. The van der Waals surface area contributed by atoms with Crippen molar-refractivity contribution < 1.29 is 22.7 Å². The third-order valence-corrected chi connectivity index (χ3v) is 4.42. The quantitative estimate of drug-likeness (QED) is 0.433. The maximum Gasteiger partial charge on any atom is 0.573 e. The smallest absolute Gasteiger partial charge is 0.406 e. The van der Waals surface area contributed by atoms with Crippen molar-refractivity contribution in [2.45, 2.75) is 6.36 Å². The van der Waals surface area contributed by atoms with E-state index in [1.165, 1.54) is 47.4 Å². The summed E-state index contributed by atoms with van der Waals surface area (Å²) >= 11 is 0. The van der Waals surface area contributed by atoms with Crippen molar-refractivity contribution >= 4 is 23.1 Å². The number of carbonyl (C=O) groups excluding carboxylic acids is 1. The molecule has 11 heteroatoms. The van der Waals surface area contributed by atoms with E-state index in [-0.39, 0.29) is 17.1 Å². The first-order chi connectivity index (χ1) is 16.3. The zero-order valence-electron chi connectivity index (χ0n) is 17.3. The van der Waals surface area contributed by atoms with Gasteiger partial charge in [0.2, 0.25) is 0 Å². The second kappa shape index (κ2) is 9.45. The molecule has 4 aromatic rings. The Kier molecular flexibility index (Phi) is 6.26. The van der Waals surface area contributed by atoms with Crippen LogP contribution in [0, 0.1) is 0 Å². The average molecular weight is 467 g/mol. The molecule has 172 valence electrons. The molecule has 0 aliphatic heterocycles. The first-order valence-electron chi connectivity index (χ1n) is 9.82. The fourth-order valence-electron chi connectivity index (χ4n) is 2.96. The molecule has 0 spiro atoms. The number of benzene rings is 2. The van der Waals surface area contributed by atoms with Crippen molar-refractivity contribution in [1.29, 1.82) is 0 Å². The van der Waals surface area contributed by atoms with Gasteiger partial charge in [0.05, 0.1) is 29.3 Å². The summed E-state index contributed by atoms with van der Waals surface area (Å²) in [7, 11) is 0. The molecular formula is C23H16F3N5O3. The highest BCUT2D eigenvalue weighted by Gasteiger charge is 2.31. The number of aromatic nitrogens is 3. The molecule has 2 aromatic heterocycles. The van der Waals surface area contributed by atoms with Crippen molar-refractivity contribution in [1.82, 2.24) is 14.8 Å². The highest BCUT2D eigenvalue weighted by molar-refractivity contribution is 6.03. The van der Waals surface area contributed by atoms with Gasteiger partial charge in [0.15, 0.2) is 0 Å². The van der Waals surface area contributed by atoms with E-state index in [0.717, 1.165) is 0 Å². The summed E-state index contributed by atoms with van der Waals surface area (Å²) in [5.41, 5.74) is 0.977. The highest BCUT2D eigenvalue weighted by atomic mass is 19.4. The standard InChI is InChI=1S/C23H16F3N5O3/c24-23(25,26)34-19-8-4-5-16(12-19)29-17-9-10-20(27-14-17)30-22(33)15-11-21(32)31(28-13-15)18-6-2-1-3-7-18/h1-14,29H,(H,27,30,33). The van der Waals surface area contributed by atoms with Gasteiger partial charge in [0.25, 0.3) is 11.5 Å². The molecule has 0 aliphatic rings. The number of hydrogen-bond acceptors (Lipinski definition) is 6. The van der Waals surface area contributed by atoms with Gasteiger partial charge in [-0.3, -0.25) is 9.59 Å².